The summed E-state index contributed by atoms with van der Waals surface area (Å²) in [5.74, 6) is -0.458. The van der Waals surface area contributed by atoms with E-state index in [2.05, 4.69) is 41.5 Å². The zero-order chi connectivity index (χ0) is 75.6. The van der Waals surface area contributed by atoms with Crippen LogP contribution in [-0.2, 0) is 65.4 Å². The van der Waals surface area contributed by atoms with Gasteiger partial charge in [0.2, 0.25) is 0 Å². The maximum Gasteiger partial charge on any atom is 0.472 e. The first-order chi connectivity index (χ1) is 49.9. The van der Waals surface area contributed by atoms with Crippen LogP contribution in [0.15, 0.2) is 0 Å². The standard InChI is InChI=1S/C84H164O17P2/c1-7-10-12-14-15-16-17-18-19-20-21-22-23-24-29-35-40-45-50-56-63-69-84(89)101-80(73-95-82(87)67-61-55-49-44-39-34-28-26-25-27-32-37-42-47-53-58-64-76(4)5)75-99-103(92,93)97-71-78(85)70-96-102(90,91)98-74-79(72-94-81(86)66-60-52-13-11-8-2)100-83(88)68-62-57-51-46-41-36-31-30-33-38-43-48-54-59-65-77(6)9-3/h76-80,85H,7-75H2,1-6H3,(H,90,91)(H,92,93)/t77?,78-,79+,80+/m0/s1. The molecule has 0 aliphatic carbocycles. The first kappa shape index (κ1) is 101. The van der Waals surface area contributed by atoms with E-state index in [0.717, 1.165) is 108 Å². The minimum absolute atomic E-state index is 0.107. The lowest BCUT2D eigenvalue weighted by Crippen LogP contribution is -2.30. The lowest BCUT2D eigenvalue weighted by atomic mass is 9.99. The number of aliphatic hydroxyl groups is 1. The molecule has 0 aromatic heterocycles. The lowest BCUT2D eigenvalue weighted by Gasteiger charge is -2.21. The summed E-state index contributed by atoms with van der Waals surface area (Å²) in [6.45, 7) is 9.65. The molecule has 19 heteroatoms. The molecule has 3 N–H and O–H groups in total. The van der Waals surface area contributed by atoms with Gasteiger partial charge in [-0.15, -0.1) is 0 Å². The molecule has 0 amide bonds. The monoisotopic (exact) mass is 1510 g/mol. The molecule has 0 aromatic carbocycles. The molecule has 3 unspecified atom stereocenters. The van der Waals surface area contributed by atoms with Crippen molar-refractivity contribution in [3.05, 3.63) is 0 Å². The number of phosphoric acid groups is 2. The van der Waals surface area contributed by atoms with Crippen LogP contribution in [0.1, 0.15) is 446 Å². The van der Waals surface area contributed by atoms with E-state index in [1.54, 1.807) is 0 Å². The van der Waals surface area contributed by atoms with Crippen molar-refractivity contribution in [3.8, 4) is 0 Å². The van der Waals surface area contributed by atoms with Gasteiger partial charge in [-0.05, 0) is 37.5 Å². The minimum Gasteiger partial charge on any atom is -0.462 e. The average Bonchev–Trinajstić information content (AvgIpc) is 0.923. The predicted molar refractivity (Wildman–Crippen MR) is 423 cm³/mol. The number of aliphatic hydroxyl groups excluding tert-OH is 1. The summed E-state index contributed by atoms with van der Waals surface area (Å²) in [4.78, 5) is 72.8. The molecular weight excluding hydrogens is 1340 g/mol. The van der Waals surface area contributed by atoms with Gasteiger partial charge in [-0.25, -0.2) is 9.13 Å². The Kier molecular flexibility index (Phi) is 74.1. The number of ether oxygens (including phenoxy) is 4. The predicted octanol–water partition coefficient (Wildman–Crippen LogP) is 25.5. The summed E-state index contributed by atoms with van der Waals surface area (Å²) in [5.41, 5.74) is 0. The number of carbonyl (C=O) groups excluding carboxylic acids is 4. The van der Waals surface area contributed by atoms with E-state index in [-0.39, 0.29) is 25.7 Å². The second kappa shape index (κ2) is 75.5. The number of phosphoric ester groups is 2. The first-order valence-corrected chi connectivity index (χ1v) is 46.5. The summed E-state index contributed by atoms with van der Waals surface area (Å²) in [5, 5.41) is 10.6. The second-order valence-electron chi connectivity index (χ2n) is 30.9. The highest BCUT2D eigenvalue weighted by Crippen LogP contribution is 2.45. The Balaban J connectivity index is 5.11. The molecule has 17 nitrogen and oxygen atoms in total. The van der Waals surface area contributed by atoms with Crippen molar-refractivity contribution in [2.24, 2.45) is 11.8 Å². The van der Waals surface area contributed by atoms with Crippen LogP contribution in [-0.4, -0.2) is 96.7 Å². The third kappa shape index (κ3) is 76.6. The van der Waals surface area contributed by atoms with Crippen LogP contribution in [0.3, 0.4) is 0 Å². The normalized spacial score (nSPS) is 14.1. The Morgan fingerprint density at radius 2 is 0.495 bits per heavy atom. The zero-order valence-electron chi connectivity index (χ0n) is 67.6. The average molecular weight is 1510 g/mol. The maximum atomic E-state index is 13.1. The fourth-order valence-electron chi connectivity index (χ4n) is 13.0. The molecule has 0 radical (unpaired) electrons. The highest BCUT2D eigenvalue weighted by Gasteiger charge is 2.30. The van der Waals surface area contributed by atoms with Gasteiger partial charge in [-0.2, -0.15) is 0 Å². The molecule has 612 valence electrons. The number of hydrogen-bond acceptors (Lipinski definition) is 15. The fraction of sp³-hybridized carbons (Fsp3) is 0.952. The summed E-state index contributed by atoms with van der Waals surface area (Å²) < 4.78 is 68.6. The molecule has 0 bridgehead atoms. The summed E-state index contributed by atoms with van der Waals surface area (Å²) in [7, 11) is -9.91. The molecule has 0 saturated heterocycles. The van der Waals surface area contributed by atoms with Gasteiger partial charge in [0.05, 0.1) is 26.4 Å². The van der Waals surface area contributed by atoms with Crippen molar-refractivity contribution in [2.75, 3.05) is 39.6 Å². The summed E-state index contributed by atoms with van der Waals surface area (Å²) in [6, 6.07) is 0. The van der Waals surface area contributed by atoms with Crippen molar-refractivity contribution in [2.45, 2.75) is 464 Å². The molecule has 0 aromatic rings. The summed E-state index contributed by atoms with van der Waals surface area (Å²) >= 11 is 0. The van der Waals surface area contributed by atoms with Crippen LogP contribution in [0.5, 0.6) is 0 Å². The van der Waals surface area contributed by atoms with E-state index in [4.69, 9.17) is 37.0 Å². The van der Waals surface area contributed by atoms with Crippen molar-refractivity contribution < 1.29 is 80.2 Å². The van der Waals surface area contributed by atoms with Crippen molar-refractivity contribution >= 4 is 39.5 Å². The molecule has 0 fully saturated rings. The molecule has 103 heavy (non-hydrogen) atoms. The zero-order valence-corrected chi connectivity index (χ0v) is 69.4. The van der Waals surface area contributed by atoms with Gasteiger partial charge in [-0.3, -0.25) is 37.3 Å². The van der Waals surface area contributed by atoms with Gasteiger partial charge < -0.3 is 33.8 Å². The van der Waals surface area contributed by atoms with E-state index in [1.807, 2.05) is 0 Å². The van der Waals surface area contributed by atoms with Gasteiger partial charge in [0.15, 0.2) is 12.2 Å². The lowest BCUT2D eigenvalue weighted by molar-refractivity contribution is -0.161. The van der Waals surface area contributed by atoms with Crippen molar-refractivity contribution in [1.82, 2.24) is 0 Å². The van der Waals surface area contributed by atoms with Crippen molar-refractivity contribution in [1.29, 1.82) is 0 Å². The van der Waals surface area contributed by atoms with Gasteiger partial charge in [0.1, 0.15) is 19.3 Å². The van der Waals surface area contributed by atoms with Crippen LogP contribution in [0.4, 0.5) is 0 Å². The molecule has 0 aliphatic heterocycles. The quantitative estimate of drug-likeness (QED) is 0.0222. The third-order valence-corrected chi connectivity index (χ3v) is 22.0. The van der Waals surface area contributed by atoms with Crippen LogP contribution in [0.2, 0.25) is 0 Å². The highest BCUT2D eigenvalue weighted by atomic mass is 31.2. The number of esters is 4. The van der Waals surface area contributed by atoms with E-state index in [1.165, 1.54) is 257 Å². The van der Waals surface area contributed by atoms with Crippen LogP contribution in [0.25, 0.3) is 0 Å². The Labute approximate surface area is 632 Å². The first-order valence-electron chi connectivity index (χ1n) is 43.5. The second-order valence-corrected chi connectivity index (χ2v) is 33.8. The molecular formula is C84H164O17P2. The Morgan fingerprint density at radius 1 is 0.282 bits per heavy atom. The van der Waals surface area contributed by atoms with Gasteiger partial charge in [0, 0.05) is 25.7 Å². The SMILES string of the molecule is CCCCCCCCCCCCCCCCCCCCCCCC(=O)O[C@H](COC(=O)CCCCCCCCCCCCCCCCCCC(C)C)COP(=O)(O)OC[C@@H](O)COP(=O)(O)OC[C@@H](COC(=O)CCCCCCC)OC(=O)CCCCCCCCCCCCCCCCC(C)CC. The Morgan fingerprint density at radius 3 is 0.738 bits per heavy atom. The molecule has 0 heterocycles. The van der Waals surface area contributed by atoms with E-state index in [9.17, 15) is 43.2 Å². The van der Waals surface area contributed by atoms with Crippen LogP contribution >= 0.6 is 15.6 Å². The highest BCUT2D eigenvalue weighted by molar-refractivity contribution is 7.47. The molecule has 0 saturated carbocycles. The van der Waals surface area contributed by atoms with Gasteiger partial charge in [-0.1, -0.05) is 395 Å². The largest absolute Gasteiger partial charge is 0.472 e. The smallest absolute Gasteiger partial charge is 0.462 e. The van der Waals surface area contributed by atoms with E-state index in [0.29, 0.717) is 25.7 Å². The fourth-order valence-corrected chi connectivity index (χ4v) is 14.6. The van der Waals surface area contributed by atoms with Gasteiger partial charge >= 0.3 is 39.5 Å². The molecule has 6 atom stereocenters. The van der Waals surface area contributed by atoms with E-state index >= 15 is 0 Å². The Hall–Kier alpha value is -1.94. The Bertz CT molecular complexity index is 1980. The topological polar surface area (TPSA) is 237 Å². The van der Waals surface area contributed by atoms with Gasteiger partial charge in [0.25, 0.3) is 0 Å². The number of unbranched alkanes of at least 4 members (excludes halogenated alkanes) is 52. The van der Waals surface area contributed by atoms with E-state index < -0.39 is 97.5 Å². The molecule has 0 rings (SSSR count). The summed E-state index contributed by atoms with van der Waals surface area (Å²) in [6.07, 6.45) is 67.1. The molecule has 0 aliphatic rings. The minimum atomic E-state index is -4.96. The number of carbonyl (C=O) groups is 4. The molecule has 0 spiro atoms. The van der Waals surface area contributed by atoms with Crippen LogP contribution in [0, 0.1) is 11.8 Å². The van der Waals surface area contributed by atoms with Crippen LogP contribution < -0.4 is 0 Å². The number of hydrogen-bond donors (Lipinski definition) is 3. The third-order valence-electron chi connectivity index (χ3n) is 20.1. The number of rotatable bonds is 83. The maximum absolute atomic E-state index is 13.1. The van der Waals surface area contributed by atoms with Crippen molar-refractivity contribution in [3.63, 3.8) is 0 Å².